The van der Waals surface area contributed by atoms with Gasteiger partial charge in [0.2, 0.25) is 0 Å². The molecule has 3 saturated carbocycles. The molecule has 0 aliphatic heterocycles. The summed E-state index contributed by atoms with van der Waals surface area (Å²) in [6.45, 7) is 12.7. The van der Waals surface area contributed by atoms with E-state index in [0.717, 1.165) is 48.3 Å². The highest BCUT2D eigenvalue weighted by atomic mass is 16.3. The standard InChI is InChI=1S/C41H54O/c1-26(2)10-8-11-27(3)34-18-19-35-32-16-17-37-39(38(42)21-23-41(37,5)36(32)20-22-40(34,35)4)31-15-9-14-30-24-28-12-6-7-13-29(28)25-33(30)31/h6-7,9,12-15,17,24-27,32,34-36,38-39,42H,8,10-11,16,18-23H2,1-5H3/t27-,32+,34-,35+,36+,38+,39?,40-,41-/m1/s1. The van der Waals surface area contributed by atoms with Crippen LogP contribution in [-0.4, -0.2) is 11.2 Å². The Kier molecular flexibility index (Phi) is 7.36. The monoisotopic (exact) mass is 562 g/mol. The largest absolute Gasteiger partial charge is 0.392 e. The van der Waals surface area contributed by atoms with E-state index in [4.69, 9.17) is 0 Å². The number of benzene rings is 3. The van der Waals surface area contributed by atoms with Crippen LogP contribution in [0.1, 0.15) is 110 Å². The summed E-state index contributed by atoms with van der Waals surface area (Å²) in [7, 11) is 0. The molecule has 0 radical (unpaired) electrons. The van der Waals surface area contributed by atoms with E-state index < -0.39 is 0 Å². The number of aliphatic hydroxyl groups excluding tert-OH is 1. The summed E-state index contributed by atoms with van der Waals surface area (Å²) in [5.74, 6) is 5.15. The predicted molar refractivity (Wildman–Crippen MR) is 179 cm³/mol. The van der Waals surface area contributed by atoms with Crippen molar-refractivity contribution in [1.82, 2.24) is 0 Å². The number of hydrogen-bond acceptors (Lipinski definition) is 1. The van der Waals surface area contributed by atoms with Crippen LogP contribution in [0.2, 0.25) is 0 Å². The Balaban J connectivity index is 1.21. The van der Waals surface area contributed by atoms with Crippen molar-refractivity contribution < 1.29 is 5.11 Å². The van der Waals surface area contributed by atoms with E-state index in [9.17, 15) is 5.11 Å². The van der Waals surface area contributed by atoms with Crippen LogP contribution in [0.25, 0.3) is 21.5 Å². The lowest BCUT2D eigenvalue weighted by molar-refractivity contribution is -0.0602. The zero-order chi connectivity index (χ0) is 29.2. The molecular weight excluding hydrogens is 508 g/mol. The molecule has 1 heteroatoms. The number of hydrogen-bond donors (Lipinski definition) is 1. The Morgan fingerprint density at radius 3 is 2.36 bits per heavy atom. The fraction of sp³-hybridized carbons (Fsp3) is 0.610. The molecular formula is C41H54O. The highest BCUT2D eigenvalue weighted by molar-refractivity contribution is 6.00. The van der Waals surface area contributed by atoms with Gasteiger partial charge in [-0.1, -0.05) is 108 Å². The second-order valence-corrected chi connectivity index (χ2v) is 16.1. The van der Waals surface area contributed by atoms with Gasteiger partial charge in [0.1, 0.15) is 0 Å². The summed E-state index contributed by atoms with van der Waals surface area (Å²) in [4.78, 5) is 0. The van der Waals surface area contributed by atoms with Gasteiger partial charge in [0, 0.05) is 5.92 Å². The highest BCUT2D eigenvalue weighted by Crippen LogP contribution is 2.68. The minimum atomic E-state index is -0.297. The first kappa shape index (κ1) is 28.6. The number of allylic oxidation sites excluding steroid dienone is 1. The van der Waals surface area contributed by atoms with Crippen molar-refractivity contribution in [2.75, 3.05) is 0 Å². The average molecular weight is 563 g/mol. The van der Waals surface area contributed by atoms with Crippen LogP contribution in [0.5, 0.6) is 0 Å². The van der Waals surface area contributed by atoms with Crippen LogP contribution in [0.4, 0.5) is 0 Å². The van der Waals surface area contributed by atoms with Gasteiger partial charge in [0.25, 0.3) is 0 Å². The highest BCUT2D eigenvalue weighted by Gasteiger charge is 2.60. The van der Waals surface area contributed by atoms with Crippen molar-refractivity contribution in [3.8, 4) is 0 Å². The lowest BCUT2D eigenvalue weighted by atomic mass is 9.45. The van der Waals surface area contributed by atoms with Crippen LogP contribution in [0.3, 0.4) is 0 Å². The summed E-state index contributed by atoms with van der Waals surface area (Å²) in [6, 6.07) is 20.3. The third kappa shape index (κ3) is 4.51. The maximum Gasteiger partial charge on any atom is 0.0646 e. The summed E-state index contributed by atoms with van der Waals surface area (Å²) in [6.07, 6.45) is 15.5. The fourth-order valence-corrected chi connectivity index (χ4v) is 11.4. The SMILES string of the molecule is CC(C)CCC[C@@H](C)[C@H]1CC[C@H]2[C@@H]3CC=C4C(c5cccc6cc7ccccc7cc56)[C@@H](O)CC[C@]4(C)[C@H]3CC[C@]12C. The smallest absolute Gasteiger partial charge is 0.0646 e. The Bertz CT molecular complexity index is 1480. The number of fused-ring (bicyclic) bond motifs is 7. The maximum absolute atomic E-state index is 11.7. The third-order valence-corrected chi connectivity index (χ3v) is 13.5. The number of rotatable bonds is 6. The molecule has 7 rings (SSSR count). The maximum atomic E-state index is 11.7. The fourth-order valence-electron chi connectivity index (χ4n) is 11.4. The molecule has 1 nitrogen and oxygen atoms in total. The van der Waals surface area contributed by atoms with E-state index in [0.29, 0.717) is 5.41 Å². The van der Waals surface area contributed by atoms with Crippen LogP contribution in [-0.2, 0) is 0 Å². The Morgan fingerprint density at radius 2 is 1.57 bits per heavy atom. The van der Waals surface area contributed by atoms with E-state index in [1.54, 1.807) is 5.57 Å². The van der Waals surface area contributed by atoms with Crippen molar-refractivity contribution in [2.24, 2.45) is 46.3 Å². The molecule has 3 aromatic carbocycles. The van der Waals surface area contributed by atoms with Gasteiger partial charge in [-0.3, -0.25) is 0 Å². The van der Waals surface area contributed by atoms with Gasteiger partial charge in [-0.15, -0.1) is 0 Å². The van der Waals surface area contributed by atoms with Gasteiger partial charge in [-0.2, -0.15) is 0 Å². The molecule has 9 atom stereocenters. The molecule has 0 amide bonds. The van der Waals surface area contributed by atoms with Crippen molar-refractivity contribution in [3.05, 3.63) is 71.8 Å². The molecule has 4 aliphatic rings. The zero-order valence-electron chi connectivity index (χ0n) is 26.9. The van der Waals surface area contributed by atoms with Crippen molar-refractivity contribution in [1.29, 1.82) is 0 Å². The minimum absolute atomic E-state index is 0.111. The first-order chi connectivity index (χ1) is 20.2. The molecule has 0 spiro atoms. The summed E-state index contributed by atoms with van der Waals surface area (Å²) >= 11 is 0. The Morgan fingerprint density at radius 1 is 0.810 bits per heavy atom. The van der Waals surface area contributed by atoms with E-state index in [-0.39, 0.29) is 17.4 Å². The van der Waals surface area contributed by atoms with Crippen molar-refractivity contribution in [2.45, 2.75) is 111 Å². The van der Waals surface area contributed by atoms with Gasteiger partial charge in [0.15, 0.2) is 0 Å². The molecule has 0 aromatic heterocycles. The molecule has 1 unspecified atom stereocenters. The van der Waals surface area contributed by atoms with E-state index in [2.05, 4.69) is 95.3 Å². The predicted octanol–water partition coefficient (Wildman–Crippen LogP) is 11.1. The van der Waals surface area contributed by atoms with Crippen LogP contribution in [0, 0.1) is 46.3 Å². The van der Waals surface area contributed by atoms with E-state index >= 15 is 0 Å². The molecule has 0 heterocycles. The Labute approximate surface area is 255 Å². The van der Waals surface area contributed by atoms with Crippen LogP contribution in [0.15, 0.2) is 66.2 Å². The topological polar surface area (TPSA) is 20.2 Å². The Hall–Kier alpha value is -2.12. The summed E-state index contributed by atoms with van der Waals surface area (Å²) < 4.78 is 0. The molecule has 0 saturated heterocycles. The van der Waals surface area contributed by atoms with Gasteiger partial charge >= 0.3 is 0 Å². The van der Waals surface area contributed by atoms with E-state index in [1.165, 1.54) is 78.5 Å². The molecule has 4 aliphatic carbocycles. The zero-order valence-corrected chi connectivity index (χ0v) is 26.9. The third-order valence-electron chi connectivity index (χ3n) is 13.5. The quantitative estimate of drug-likeness (QED) is 0.234. The lowest BCUT2D eigenvalue weighted by Crippen LogP contribution is -2.52. The molecule has 1 N–H and O–H groups in total. The summed E-state index contributed by atoms with van der Waals surface area (Å²) in [5, 5.41) is 16.9. The van der Waals surface area contributed by atoms with Crippen molar-refractivity contribution >= 4 is 21.5 Å². The van der Waals surface area contributed by atoms with Crippen LogP contribution < -0.4 is 0 Å². The van der Waals surface area contributed by atoms with Gasteiger partial charge in [-0.05, 0) is 131 Å². The van der Waals surface area contributed by atoms with Gasteiger partial charge in [-0.25, -0.2) is 0 Å². The second kappa shape index (κ2) is 10.8. The lowest BCUT2D eigenvalue weighted by Gasteiger charge is -2.59. The molecule has 42 heavy (non-hydrogen) atoms. The molecule has 224 valence electrons. The summed E-state index contributed by atoms with van der Waals surface area (Å²) in [5.41, 5.74) is 3.64. The normalized spacial score (nSPS) is 36.9. The first-order valence-corrected chi connectivity index (χ1v) is 17.5. The minimum Gasteiger partial charge on any atom is -0.392 e. The first-order valence-electron chi connectivity index (χ1n) is 17.5. The number of aliphatic hydroxyl groups is 1. The molecule has 3 fully saturated rings. The van der Waals surface area contributed by atoms with E-state index in [1.807, 2.05) is 0 Å². The van der Waals surface area contributed by atoms with Crippen LogP contribution >= 0.6 is 0 Å². The molecule has 0 bridgehead atoms. The van der Waals surface area contributed by atoms with Gasteiger partial charge < -0.3 is 5.11 Å². The van der Waals surface area contributed by atoms with Crippen molar-refractivity contribution in [3.63, 3.8) is 0 Å². The average Bonchev–Trinajstić information content (AvgIpc) is 3.33. The second-order valence-electron chi connectivity index (χ2n) is 16.1. The van der Waals surface area contributed by atoms with Gasteiger partial charge in [0.05, 0.1) is 6.10 Å². The molecule has 3 aromatic rings.